The molecular formula is C12H14N4O2. The normalized spacial score (nSPS) is 23.9. The molecule has 1 aliphatic carbocycles. The van der Waals surface area contributed by atoms with Crippen LogP contribution >= 0.6 is 0 Å². The Balaban J connectivity index is 2.19. The number of aromatic amines is 1. The summed E-state index contributed by atoms with van der Waals surface area (Å²) in [5.41, 5.74) is 6.61. The van der Waals surface area contributed by atoms with E-state index in [-0.39, 0.29) is 17.5 Å². The van der Waals surface area contributed by atoms with Crippen molar-refractivity contribution in [3.63, 3.8) is 0 Å². The summed E-state index contributed by atoms with van der Waals surface area (Å²) < 4.78 is 1.86. The summed E-state index contributed by atoms with van der Waals surface area (Å²) in [6.45, 7) is 3.91. The summed E-state index contributed by atoms with van der Waals surface area (Å²) in [6, 6.07) is 1.68. The summed E-state index contributed by atoms with van der Waals surface area (Å²) in [4.78, 5) is 18.3. The molecule has 1 aliphatic rings. The molecule has 2 aromatic rings. The average Bonchev–Trinajstić information content (AvgIpc) is 2.85. The van der Waals surface area contributed by atoms with Gasteiger partial charge in [-0.1, -0.05) is 6.58 Å². The summed E-state index contributed by atoms with van der Waals surface area (Å²) in [7, 11) is 0. The Bertz CT molecular complexity index is 685. The molecule has 4 N–H and O–H groups in total. The number of hydrogen-bond acceptors (Lipinski definition) is 4. The maximum Gasteiger partial charge on any atom is 0.261 e. The molecule has 0 bridgehead atoms. The lowest BCUT2D eigenvalue weighted by Crippen LogP contribution is -2.14. The molecule has 18 heavy (non-hydrogen) atoms. The van der Waals surface area contributed by atoms with Crippen LogP contribution in [0.5, 0.6) is 0 Å². The van der Waals surface area contributed by atoms with Crippen LogP contribution in [0.25, 0.3) is 11.0 Å². The number of anilines is 1. The van der Waals surface area contributed by atoms with Crippen molar-refractivity contribution in [1.82, 2.24) is 14.5 Å². The quantitative estimate of drug-likeness (QED) is 0.640. The lowest BCUT2D eigenvalue weighted by molar-refractivity contribution is 0.217. The molecule has 0 aliphatic heterocycles. The van der Waals surface area contributed by atoms with Crippen molar-refractivity contribution in [2.45, 2.75) is 25.0 Å². The molecule has 6 nitrogen and oxygen atoms in total. The van der Waals surface area contributed by atoms with E-state index in [0.29, 0.717) is 17.5 Å². The fourth-order valence-electron chi connectivity index (χ4n) is 2.54. The van der Waals surface area contributed by atoms with Gasteiger partial charge >= 0.3 is 0 Å². The zero-order chi connectivity index (χ0) is 12.9. The summed E-state index contributed by atoms with van der Waals surface area (Å²) >= 11 is 0. The molecule has 6 heteroatoms. The van der Waals surface area contributed by atoms with Gasteiger partial charge in [-0.2, -0.15) is 4.98 Å². The molecule has 94 valence electrons. The summed E-state index contributed by atoms with van der Waals surface area (Å²) in [5, 5.41) is 10.2. The predicted octanol–water partition coefficient (Wildman–Crippen LogP) is 0.559. The maximum absolute atomic E-state index is 11.7. The summed E-state index contributed by atoms with van der Waals surface area (Å²) in [6.07, 6.45) is 2.78. The highest BCUT2D eigenvalue weighted by Crippen LogP contribution is 2.35. The largest absolute Gasteiger partial charge is 0.389 e. The number of hydrogen-bond donors (Lipinski definition) is 3. The smallest absolute Gasteiger partial charge is 0.261 e. The minimum absolute atomic E-state index is 0.0220. The highest BCUT2D eigenvalue weighted by Gasteiger charge is 2.29. The average molecular weight is 246 g/mol. The van der Waals surface area contributed by atoms with Crippen LogP contribution in [0.1, 0.15) is 18.9 Å². The van der Waals surface area contributed by atoms with E-state index in [2.05, 4.69) is 16.5 Å². The number of aliphatic hydroxyl groups excluding tert-OH is 1. The molecule has 0 spiro atoms. The third-order valence-electron chi connectivity index (χ3n) is 3.51. The van der Waals surface area contributed by atoms with Gasteiger partial charge in [-0.05, 0) is 24.5 Å². The van der Waals surface area contributed by atoms with Crippen LogP contribution in [0.3, 0.4) is 0 Å². The van der Waals surface area contributed by atoms with Gasteiger partial charge in [0.25, 0.3) is 5.56 Å². The van der Waals surface area contributed by atoms with Crippen molar-refractivity contribution in [3.05, 3.63) is 34.8 Å². The van der Waals surface area contributed by atoms with E-state index in [4.69, 9.17) is 5.73 Å². The maximum atomic E-state index is 11.7. The van der Waals surface area contributed by atoms with Crippen LogP contribution < -0.4 is 11.3 Å². The van der Waals surface area contributed by atoms with Gasteiger partial charge in [0, 0.05) is 6.20 Å². The molecule has 0 radical (unpaired) electrons. The van der Waals surface area contributed by atoms with Crippen LogP contribution in [0.4, 0.5) is 5.95 Å². The van der Waals surface area contributed by atoms with E-state index in [9.17, 15) is 9.90 Å². The molecule has 2 aromatic heterocycles. The van der Waals surface area contributed by atoms with Crippen molar-refractivity contribution >= 4 is 17.0 Å². The number of aromatic nitrogens is 3. The first-order valence-corrected chi connectivity index (χ1v) is 5.81. The van der Waals surface area contributed by atoms with Crippen molar-refractivity contribution in [2.75, 3.05) is 5.73 Å². The third kappa shape index (κ3) is 1.46. The standard InChI is InChI=1S/C12H14N4O2/c1-6-8(2-3-9(6)17)16-5-4-7-10(16)14-12(13)15-11(7)18/h4-5,8-9,17H,1-3H2,(H3,13,14,15,18)/t8?,9-/m0/s1. The van der Waals surface area contributed by atoms with Gasteiger partial charge in [0.15, 0.2) is 0 Å². The fourth-order valence-corrected chi connectivity index (χ4v) is 2.54. The Hall–Kier alpha value is -2.08. The number of H-pyrrole nitrogens is 1. The minimum Gasteiger partial charge on any atom is -0.389 e. The van der Waals surface area contributed by atoms with Gasteiger partial charge in [-0.15, -0.1) is 0 Å². The Morgan fingerprint density at radius 2 is 2.33 bits per heavy atom. The molecule has 0 aromatic carbocycles. The molecule has 1 unspecified atom stereocenters. The highest BCUT2D eigenvalue weighted by molar-refractivity contribution is 5.76. The second-order valence-electron chi connectivity index (χ2n) is 4.60. The van der Waals surface area contributed by atoms with Crippen molar-refractivity contribution in [1.29, 1.82) is 0 Å². The molecule has 0 amide bonds. The monoisotopic (exact) mass is 246 g/mol. The van der Waals surface area contributed by atoms with E-state index in [1.807, 2.05) is 4.57 Å². The van der Waals surface area contributed by atoms with Gasteiger partial charge in [-0.25, -0.2) is 0 Å². The molecule has 1 fully saturated rings. The molecule has 0 saturated heterocycles. The number of nitrogens with two attached hydrogens (primary N) is 1. The van der Waals surface area contributed by atoms with Crippen molar-refractivity contribution in [3.8, 4) is 0 Å². The number of nitrogen functional groups attached to an aromatic ring is 1. The number of fused-ring (bicyclic) bond motifs is 1. The SMILES string of the molecule is C=C1C(n2ccc3c(=O)[nH]c(N)nc32)CC[C@@H]1O. The van der Waals surface area contributed by atoms with Gasteiger partial charge < -0.3 is 15.4 Å². The predicted molar refractivity (Wildman–Crippen MR) is 68.2 cm³/mol. The van der Waals surface area contributed by atoms with E-state index in [1.54, 1.807) is 12.3 Å². The zero-order valence-electron chi connectivity index (χ0n) is 9.76. The second-order valence-corrected chi connectivity index (χ2v) is 4.60. The van der Waals surface area contributed by atoms with Crippen LogP contribution in [0, 0.1) is 0 Å². The second kappa shape index (κ2) is 3.71. The lowest BCUT2D eigenvalue weighted by Gasteiger charge is -2.15. The first kappa shape index (κ1) is 11.0. The molecule has 3 rings (SSSR count). The third-order valence-corrected chi connectivity index (χ3v) is 3.51. The summed E-state index contributed by atoms with van der Waals surface area (Å²) in [5.74, 6) is 0.0941. The highest BCUT2D eigenvalue weighted by atomic mass is 16.3. The van der Waals surface area contributed by atoms with Gasteiger partial charge in [0.05, 0.1) is 17.5 Å². The molecule has 2 atom stereocenters. The zero-order valence-corrected chi connectivity index (χ0v) is 9.76. The van der Waals surface area contributed by atoms with Crippen molar-refractivity contribution in [2.24, 2.45) is 0 Å². The number of aliphatic hydroxyl groups is 1. The van der Waals surface area contributed by atoms with E-state index in [0.717, 1.165) is 12.0 Å². The van der Waals surface area contributed by atoms with Crippen LogP contribution in [0.15, 0.2) is 29.2 Å². The Kier molecular flexibility index (Phi) is 2.27. The fraction of sp³-hybridized carbons (Fsp3) is 0.333. The van der Waals surface area contributed by atoms with Gasteiger partial charge in [-0.3, -0.25) is 9.78 Å². The number of nitrogens with zero attached hydrogens (tertiary/aromatic N) is 2. The minimum atomic E-state index is -0.480. The van der Waals surface area contributed by atoms with Gasteiger partial charge in [0.2, 0.25) is 5.95 Å². The molecule has 1 saturated carbocycles. The number of nitrogens with one attached hydrogen (secondary N) is 1. The molecule has 2 heterocycles. The van der Waals surface area contributed by atoms with Crippen molar-refractivity contribution < 1.29 is 5.11 Å². The Labute approximate surface area is 103 Å². The van der Waals surface area contributed by atoms with E-state index < -0.39 is 6.10 Å². The first-order valence-electron chi connectivity index (χ1n) is 5.81. The van der Waals surface area contributed by atoms with Crippen LogP contribution in [-0.4, -0.2) is 25.7 Å². The topological polar surface area (TPSA) is 96.9 Å². The van der Waals surface area contributed by atoms with Gasteiger partial charge in [0.1, 0.15) is 5.65 Å². The van der Waals surface area contributed by atoms with Crippen LogP contribution in [0.2, 0.25) is 0 Å². The van der Waals surface area contributed by atoms with E-state index in [1.165, 1.54) is 0 Å². The first-order chi connectivity index (χ1) is 8.58. The Morgan fingerprint density at radius 3 is 3.00 bits per heavy atom. The van der Waals surface area contributed by atoms with E-state index >= 15 is 0 Å². The molecular weight excluding hydrogens is 232 g/mol. The lowest BCUT2D eigenvalue weighted by atomic mass is 10.1. The number of rotatable bonds is 1. The van der Waals surface area contributed by atoms with Crippen LogP contribution in [-0.2, 0) is 0 Å². The Morgan fingerprint density at radius 1 is 1.56 bits per heavy atom.